The fourth-order valence-electron chi connectivity index (χ4n) is 4.07. The molecule has 0 spiro atoms. The first kappa shape index (κ1) is 22.6. The maximum atomic E-state index is 14.3. The van der Waals surface area contributed by atoms with Crippen LogP contribution in [0.1, 0.15) is 49.0 Å². The molecule has 1 N–H and O–H groups in total. The summed E-state index contributed by atoms with van der Waals surface area (Å²) < 4.78 is 15.8. The summed E-state index contributed by atoms with van der Waals surface area (Å²) in [6.07, 6.45) is 3.77. The number of hydrogen-bond donors (Lipinski definition) is 1. The Kier molecular flexibility index (Phi) is 6.82. The molecule has 33 heavy (non-hydrogen) atoms. The summed E-state index contributed by atoms with van der Waals surface area (Å²) in [5.74, 6) is -0.395. The number of hydrogen-bond acceptors (Lipinski definition) is 4. The average Bonchev–Trinajstić information content (AvgIpc) is 3.47. The first-order chi connectivity index (χ1) is 15.9. The van der Waals surface area contributed by atoms with E-state index >= 15 is 0 Å². The zero-order valence-corrected chi connectivity index (χ0v) is 18.8. The Morgan fingerprint density at radius 3 is 2.55 bits per heavy atom. The quantitative estimate of drug-likeness (QED) is 0.601. The third-order valence-corrected chi connectivity index (χ3v) is 5.92. The predicted octanol–water partition coefficient (Wildman–Crippen LogP) is 3.25. The highest BCUT2D eigenvalue weighted by atomic mass is 19.1. The zero-order chi connectivity index (χ0) is 23.4. The largest absolute Gasteiger partial charge is 0.342 e. The van der Waals surface area contributed by atoms with E-state index in [9.17, 15) is 14.0 Å². The van der Waals surface area contributed by atoms with Crippen LogP contribution in [0, 0.1) is 0 Å². The van der Waals surface area contributed by atoms with Gasteiger partial charge in [-0.05, 0) is 29.2 Å². The molecular formula is C25H28FN5O2. The van der Waals surface area contributed by atoms with Gasteiger partial charge in [0.05, 0.1) is 18.3 Å². The Labute approximate surface area is 192 Å². The SMILES string of the molecule is CC(C)c1ccc([C@@H](NC(=O)[C@@H]2C[C@@H](F)CN2C(=O)Cn2cccn2)c2ccccc2)nc1. The first-order valence-electron chi connectivity index (χ1n) is 11.1. The van der Waals surface area contributed by atoms with Gasteiger partial charge in [-0.3, -0.25) is 19.3 Å². The van der Waals surface area contributed by atoms with Crippen molar-refractivity contribution in [1.29, 1.82) is 0 Å². The minimum Gasteiger partial charge on any atom is -0.342 e. The number of alkyl halides is 1. The molecule has 3 aromatic rings. The summed E-state index contributed by atoms with van der Waals surface area (Å²) in [5, 5.41) is 7.05. The summed E-state index contributed by atoms with van der Waals surface area (Å²) in [7, 11) is 0. The van der Waals surface area contributed by atoms with Crippen molar-refractivity contribution in [2.75, 3.05) is 6.54 Å². The van der Waals surface area contributed by atoms with E-state index in [2.05, 4.69) is 29.2 Å². The lowest BCUT2D eigenvalue weighted by atomic mass is 10.00. The molecule has 0 bridgehead atoms. The number of benzene rings is 1. The molecule has 1 saturated heterocycles. The van der Waals surface area contributed by atoms with Gasteiger partial charge in [-0.1, -0.05) is 50.2 Å². The number of amides is 2. The molecule has 0 saturated carbocycles. The van der Waals surface area contributed by atoms with Crippen LogP contribution in [-0.4, -0.2) is 50.2 Å². The van der Waals surface area contributed by atoms with Gasteiger partial charge < -0.3 is 10.2 Å². The van der Waals surface area contributed by atoms with Crippen molar-refractivity contribution in [1.82, 2.24) is 25.0 Å². The highest BCUT2D eigenvalue weighted by molar-refractivity contribution is 5.88. The van der Waals surface area contributed by atoms with Gasteiger partial charge in [-0.2, -0.15) is 5.10 Å². The highest BCUT2D eigenvalue weighted by Crippen LogP contribution is 2.26. The van der Waals surface area contributed by atoms with E-state index in [0.717, 1.165) is 11.1 Å². The van der Waals surface area contributed by atoms with Crippen molar-refractivity contribution in [3.05, 3.63) is 83.9 Å². The van der Waals surface area contributed by atoms with Crippen LogP contribution < -0.4 is 5.32 Å². The Bertz CT molecular complexity index is 1070. The molecular weight excluding hydrogens is 421 g/mol. The second-order valence-electron chi connectivity index (χ2n) is 8.62. The van der Waals surface area contributed by atoms with Crippen LogP contribution in [0.2, 0.25) is 0 Å². The average molecular weight is 450 g/mol. The molecule has 4 rings (SSSR count). The second-order valence-corrected chi connectivity index (χ2v) is 8.62. The van der Waals surface area contributed by atoms with Gasteiger partial charge in [-0.25, -0.2) is 4.39 Å². The van der Waals surface area contributed by atoms with Gasteiger partial charge in [0.1, 0.15) is 18.8 Å². The van der Waals surface area contributed by atoms with Gasteiger partial charge in [-0.15, -0.1) is 0 Å². The van der Waals surface area contributed by atoms with Crippen molar-refractivity contribution in [3.8, 4) is 0 Å². The molecule has 8 heteroatoms. The van der Waals surface area contributed by atoms with Crippen LogP contribution in [-0.2, 0) is 16.1 Å². The van der Waals surface area contributed by atoms with E-state index in [0.29, 0.717) is 11.6 Å². The molecule has 172 valence electrons. The van der Waals surface area contributed by atoms with E-state index in [-0.39, 0.29) is 25.4 Å². The summed E-state index contributed by atoms with van der Waals surface area (Å²) >= 11 is 0. The summed E-state index contributed by atoms with van der Waals surface area (Å²) in [5.41, 5.74) is 2.64. The van der Waals surface area contributed by atoms with Gasteiger partial charge in [0, 0.05) is 25.0 Å². The van der Waals surface area contributed by atoms with Crippen LogP contribution in [0.4, 0.5) is 4.39 Å². The van der Waals surface area contributed by atoms with E-state index in [4.69, 9.17) is 0 Å². The van der Waals surface area contributed by atoms with Gasteiger partial charge in [0.15, 0.2) is 0 Å². The number of likely N-dealkylation sites (tertiary alicyclic amines) is 1. The number of halogens is 1. The van der Waals surface area contributed by atoms with Crippen molar-refractivity contribution < 1.29 is 14.0 Å². The number of nitrogens with zero attached hydrogens (tertiary/aromatic N) is 4. The third-order valence-electron chi connectivity index (χ3n) is 5.92. The molecule has 1 aliphatic heterocycles. The van der Waals surface area contributed by atoms with Crippen LogP contribution in [0.3, 0.4) is 0 Å². The Morgan fingerprint density at radius 2 is 1.91 bits per heavy atom. The van der Waals surface area contributed by atoms with Gasteiger partial charge in [0.2, 0.25) is 11.8 Å². The number of pyridine rings is 1. The van der Waals surface area contributed by atoms with E-state index in [1.54, 1.807) is 18.5 Å². The molecule has 7 nitrogen and oxygen atoms in total. The fraction of sp³-hybridized carbons (Fsp3) is 0.360. The number of carbonyl (C=O) groups excluding carboxylic acids is 2. The minimum atomic E-state index is -1.25. The van der Waals surface area contributed by atoms with Crippen molar-refractivity contribution in [2.45, 2.75) is 51.0 Å². The predicted molar refractivity (Wildman–Crippen MR) is 122 cm³/mol. The lowest BCUT2D eigenvalue weighted by molar-refractivity contribution is -0.139. The zero-order valence-electron chi connectivity index (χ0n) is 18.8. The van der Waals surface area contributed by atoms with E-state index in [1.807, 2.05) is 48.7 Å². The standard InChI is InChI=1S/C25H28FN5O2/c1-17(2)19-9-10-21(27-14-19)24(18-7-4-3-5-8-18)29-25(33)22-13-20(26)15-31(22)23(32)16-30-12-6-11-28-30/h3-12,14,17,20,22,24H,13,15-16H2,1-2H3,(H,29,33)/t20-,22+,24+/m1/s1. The number of nitrogens with one attached hydrogen (secondary N) is 1. The summed E-state index contributed by atoms with van der Waals surface area (Å²) in [4.78, 5) is 32.0. The Hall–Kier alpha value is -3.55. The first-order valence-corrected chi connectivity index (χ1v) is 11.1. The molecule has 3 heterocycles. The second kappa shape index (κ2) is 9.94. The Balaban J connectivity index is 1.56. The van der Waals surface area contributed by atoms with Crippen LogP contribution in [0.25, 0.3) is 0 Å². The molecule has 1 aliphatic rings. The molecule has 2 amide bonds. The Morgan fingerprint density at radius 1 is 1.12 bits per heavy atom. The molecule has 0 aliphatic carbocycles. The van der Waals surface area contributed by atoms with Crippen LogP contribution in [0.15, 0.2) is 67.1 Å². The summed E-state index contributed by atoms with van der Waals surface area (Å²) in [6, 6.07) is 13.7. The van der Waals surface area contributed by atoms with Crippen molar-refractivity contribution >= 4 is 11.8 Å². The molecule has 2 aromatic heterocycles. The molecule has 1 fully saturated rings. The lowest BCUT2D eigenvalue weighted by Gasteiger charge is -2.26. The number of rotatable bonds is 7. The van der Waals surface area contributed by atoms with Crippen LogP contribution in [0.5, 0.6) is 0 Å². The number of carbonyl (C=O) groups is 2. The van der Waals surface area contributed by atoms with Crippen LogP contribution >= 0.6 is 0 Å². The maximum Gasteiger partial charge on any atom is 0.245 e. The maximum absolute atomic E-state index is 14.3. The monoisotopic (exact) mass is 449 g/mol. The molecule has 0 radical (unpaired) electrons. The van der Waals surface area contributed by atoms with Crippen molar-refractivity contribution in [3.63, 3.8) is 0 Å². The summed E-state index contributed by atoms with van der Waals surface area (Å²) in [6.45, 7) is 4.05. The number of aromatic nitrogens is 3. The fourth-order valence-corrected chi connectivity index (χ4v) is 4.07. The van der Waals surface area contributed by atoms with E-state index < -0.39 is 24.2 Å². The minimum absolute atomic E-state index is 0.0299. The smallest absolute Gasteiger partial charge is 0.245 e. The van der Waals surface area contributed by atoms with Gasteiger partial charge in [0.25, 0.3) is 0 Å². The normalized spacial score (nSPS) is 19.0. The highest BCUT2D eigenvalue weighted by Gasteiger charge is 2.40. The van der Waals surface area contributed by atoms with Gasteiger partial charge >= 0.3 is 0 Å². The van der Waals surface area contributed by atoms with E-state index in [1.165, 1.54) is 9.58 Å². The lowest BCUT2D eigenvalue weighted by Crippen LogP contribution is -2.48. The molecule has 0 unspecified atom stereocenters. The topological polar surface area (TPSA) is 80.1 Å². The van der Waals surface area contributed by atoms with Crippen molar-refractivity contribution in [2.24, 2.45) is 0 Å². The molecule has 3 atom stereocenters. The third kappa shape index (κ3) is 5.27. The molecule has 1 aromatic carbocycles.